The van der Waals surface area contributed by atoms with Gasteiger partial charge >= 0.3 is 0 Å². The number of para-hydroxylation sites is 1. The van der Waals surface area contributed by atoms with E-state index in [4.69, 9.17) is 4.98 Å². The molecule has 0 amide bonds. The molecule has 1 aromatic heterocycles. The van der Waals surface area contributed by atoms with Gasteiger partial charge in [-0.25, -0.2) is 0 Å². The van der Waals surface area contributed by atoms with Gasteiger partial charge < -0.3 is 10.6 Å². The van der Waals surface area contributed by atoms with Crippen LogP contribution in [-0.2, 0) is 6.42 Å². The summed E-state index contributed by atoms with van der Waals surface area (Å²) in [6, 6.07) is 22.4. The van der Waals surface area contributed by atoms with Crippen molar-refractivity contribution >= 4 is 5.69 Å². The first kappa shape index (κ1) is 22.5. The predicted octanol–water partition coefficient (Wildman–Crippen LogP) is 7.10. The largest absolute Gasteiger partial charge is 0.382 e. The van der Waals surface area contributed by atoms with E-state index in [0.717, 1.165) is 17.8 Å². The van der Waals surface area contributed by atoms with Gasteiger partial charge in [-0.3, -0.25) is 4.98 Å². The van der Waals surface area contributed by atoms with Gasteiger partial charge in [0.1, 0.15) is 0 Å². The maximum absolute atomic E-state index is 5.23. The highest BCUT2D eigenvalue weighted by molar-refractivity contribution is 5.79. The number of hydrogen-bond acceptors (Lipinski definition) is 3. The summed E-state index contributed by atoms with van der Waals surface area (Å²) in [4.78, 5) is 5.23. The Labute approximate surface area is 193 Å². The monoisotopic (exact) mass is 427 g/mol. The summed E-state index contributed by atoms with van der Waals surface area (Å²) in [6.45, 7) is 13.5. The zero-order valence-corrected chi connectivity index (χ0v) is 20.4. The van der Waals surface area contributed by atoms with Crippen molar-refractivity contribution in [3.63, 3.8) is 0 Å². The molecule has 1 aliphatic heterocycles. The molecule has 3 nitrogen and oxygen atoms in total. The van der Waals surface area contributed by atoms with Crippen LogP contribution in [-0.4, -0.2) is 16.6 Å². The number of anilines is 1. The van der Waals surface area contributed by atoms with E-state index in [1.165, 1.54) is 34.4 Å². The van der Waals surface area contributed by atoms with Crippen LogP contribution in [0.1, 0.15) is 82.3 Å². The Morgan fingerprint density at radius 1 is 0.938 bits per heavy atom. The first-order chi connectivity index (χ1) is 15.2. The topological polar surface area (TPSA) is 37.0 Å². The van der Waals surface area contributed by atoms with Gasteiger partial charge in [-0.2, -0.15) is 0 Å². The summed E-state index contributed by atoms with van der Waals surface area (Å²) >= 11 is 0. The van der Waals surface area contributed by atoms with E-state index < -0.39 is 0 Å². The van der Waals surface area contributed by atoms with Gasteiger partial charge in [0.2, 0.25) is 0 Å². The molecule has 0 saturated carbocycles. The highest BCUT2D eigenvalue weighted by Gasteiger charge is 2.25. The zero-order chi connectivity index (χ0) is 22.9. The number of nitrogens with zero attached hydrogens (tertiary/aromatic N) is 1. The van der Waals surface area contributed by atoms with Gasteiger partial charge in [0.25, 0.3) is 0 Å². The molecule has 0 spiro atoms. The predicted molar refractivity (Wildman–Crippen MR) is 136 cm³/mol. The van der Waals surface area contributed by atoms with Crippen LogP contribution in [0.25, 0.3) is 11.3 Å². The van der Waals surface area contributed by atoms with E-state index in [-0.39, 0.29) is 11.6 Å². The van der Waals surface area contributed by atoms with Gasteiger partial charge in [-0.1, -0.05) is 62.4 Å². The van der Waals surface area contributed by atoms with E-state index in [0.29, 0.717) is 12.0 Å². The van der Waals surface area contributed by atoms with Crippen molar-refractivity contribution in [3.8, 4) is 11.3 Å². The van der Waals surface area contributed by atoms with Crippen LogP contribution >= 0.6 is 0 Å². The maximum atomic E-state index is 5.23. The van der Waals surface area contributed by atoms with Crippen LogP contribution in [0.2, 0.25) is 0 Å². The van der Waals surface area contributed by atoms with Gasteiger partial charge in [-0.05, 0) is 75.3 Å². The molecule has 0 radical (unpaired) electrons. The fraction of sp³-hybridized carbons (Fsp3) is 0.414. The second-order valence-electron chi connectivity index (χ2n) is 10.5. The van der Waals surface area contributed by atoms with E-state index in [1.54, 1.807) is 0 Å². The van der Waals surface area contributed by atoms with E-state index in [1.807, 2.05) is 0 Å². The number of benzene rings is 2. The summed E-state index contributed by atoms with van der Waals surface area (Å²) < 4.78 is 0. The molecule has 3 heteroatoms. The van der Waals surface area contributed by atoms with Crippen LogP contribution in [0.5, 0.6) is 0 Å². The molecule has 2 heterocycles. The van der Waals surface area contributed by atoms with Crippen molar-refractivity contribution in [2.24, 2.45) is 0 Å². The SMILES string of the molecule is CC(C)c1ccccc1[C@@H](NC(C)(C)C)c1cccc(-c2cccc3c2N[C@@H](C)CC3)n1. The lowest BCUT2D eigenvalue weighted by Crippen LogP contribution is -2.40. The lowest BCUT2D eigenvalue weighted by molar-refractivity contribution is 0.386. The molecule has 168 valence electrons. The van der Waals surface area contributed by atoms with Crippen LogP contribution < -0.4 is 10.6 Å². The summed E-state index contributed by atoms with van der Waals surface area (Å²) in [5, 5.41) is 7.57. The number of pyridine rings is 1. The van der Waals surface area contributed by atoms with Crippen molar-refractivity contribution in [3.05, 3.63) is 83.0 Å². The van der Waals surface area contributed by atoms with Crippen molar-refractivity contribution in [1.29, 1.82) is 0 Å². The normalized spacial score (nSPS) is 17.0. The third-order valence-electron chi connectivity index (χ3n) is 6.24. The second kappa shape index (κ2) is 9.07. The standard InChI is InChI=1S/C29H37N3/c1-19(2)22-12-7-8-13-23(22)28(32-29(4,5)6)26-16-10-15-25(31-26)24-14-9-11-21-18-17-20(3)30-27(21)24/h7-16,19-20,28,30,32H,17-18H2,1-6H3/t20-,28+/m0/s1. The highest BCUT2D eigenvalue weighted by atomic mass is 15.0. The molecule has 0 unspecified atom stereocenters. The van der Waals surface area contributed by atoms with Gasteiger partial charge in [0.05, 0.1) is 17.4 Å². The molecular weight excluding hydrogens is 390 g/mol. The van der Waals surface area contributed by atoms with Crippen molar-refractivity contribution in [2.75, 3.05) is 5.32 Å². The lowest BCUT2D eigenvalue weighted by atomic mass is 9.89. The lowest BCUT2D eigenvalue weighted by Gasteiger charge is -2.31. The van der Waals surface area contributed by atoms with Crippen molar-refractivity contribution in [1.82, 2.24) is 10.3 Å². The Hall–Kier alpha value is -2.65. The molecule has 4 rings (SSSR count). The molecule has 0 aliphatic carbocycles. The summed E-state index contributed by atoms with van der Waals surface area (Å²) in [5.41, 5.74) is 8.56. The molecule has 32 heavy (non-hydrogen) atoms. The minimum atomic E-state index is -0.0463. The third kappa shape index (κ3) is 4.88. The Morgan fingerprint density at radius 3 is 2.38 bits per heavy atom. The van der Waals surface area contributed by atoms with E-state index >= 15 is 0 Å². The Kier molecular flexibility index (Phi) is 6.39. The summed E-state index contributed by atoms with van der Waals surface area (Å²) in [5.74, 6) is 0.450. The first-order valence-electron chi connectivity index (χ1n) is 11.9. The van der Waals surface area contributed by atoms with Gasteiger partial charge in [0, 0.05) is 22.8 Å². The number of rotatable bonds is 5. The molecule has 0 saturated heterocycles. The average Bonchev–Trinajstić information content (AvgIpc) is 2.76. The van der Waals surface area contributed by atoms with Crippen molar-refractivity contribution in [2.45, 2.75) is 77.9 Å². The first-order valence-corrected chi connectivity index (χ1v) is 11.9. The quantitative estimate of drug-likeness (QED) is 0.456. The number of aromatic nitrogens is 1. The molecule has 3 aromatic rings. The molecular formula is C29H37N3. The average molecular weight is 428 g/mol. The van der Waals surface area contributed by atoms with Gasteiger partial charge in [0.15, 0.2) is 0 Å². The zero-order valence-electron chi connectivity index (χ0n) is 20.4. The van der Waals surface area contributed by atoms with Crippen molar-refractivity contribution < 1.29 is 0 Å². The van der Waals surface area contributed by atoms with Crippen LogP contribution in [0.4, 0.5) is 5.69 Å². The summed E-state index contributed by atoms with van der Waals surface area (Å²) in [7, 11) is 0. The van der Waals surface area contributed by atoms with Crippen LogP contribution in [0.3, 0.4) is 0 Å². The van der Waals surface area contributed by atoms with Gasteiger partial charge in [-0.15, -0.1) is 0 Å². The van der Waals surface area contributed by atoms with Crippen LogP contribution in [0, 0.1) is 0 Å². The van der Waals surface area contributed by atoms with E-state index in [9.17, 15) is 0 Å². The third-order valence-corrected chi connectivity index (χ3v) is 6.24. The number of nitrogens with one attached hydrogen (secondary N) is 2. The molecule has 1 aliphatic rings. The van der Waals surface area contributed by atoms with E-state index in [2.05, 4.69) is 113 Å². The number of fused-ring (bicyclic) bond motifs is 1. The fourth-order valence-corrected chi connectivity index (χ4v) is 4.69. The highest BCUT2D eigenvalue weighted by Crippen LogP contribution is 2.36. The fourth-order valence-electron chi connectivity index (χ4n) is 4.69. The molecule has 2 N–H and O–H groups in total. The second-order valence-corrected chi connectivity index (χ2v) is 10.5. The number of hydrogen-bond donors (Lipinski definition) is 2. The number of aryl methyl sites for hydroxylation is 1. The molecule has 0 fully saturated rings. The minimum absolute atomic E-state index is 0.0278. The minimum Gasteiger partial charge on any atom is -0.382 e. The molecule has 2 aromatic carbocycles. The maximum Gasteiger partial charge on any atom is 0.0758 e. The smallest absolute Gasteiger partial charge is 0.0758 e. The summed E-state index contributed by atoms with van der Waals surface area (Å²) in [6.07, 6.45) is 2.29. The Bertz CT molecular complexity index is 1080. The Balaban J connectivity index is 1.82. The van der Waals surface area contributed by atoms with Crippen LogP contribution in [0.15, 0.2) is 60.7 Å². The molecule has 2 atom stereocenters. The Morgan fingerprint density at radius 2 is 1.66 bits per heavy atom. The molecule has 0 bridgehead atoms.